The lowest BCUT2D eigenvalue weighted by atomic mass is 10.2. The molecule has 3 rings (SSSR count). The number of nitrogens with zero attached hydrogens (tertiary/aromatic N) is 1. The SMILES string of the molecule is CCCCOc1ccc(-c2csc(NC(=O)C(C)Oc3ccc(Cl)cc3C)n2)cc1. The maximum Gasteiger partial charge on any atom is 0.266 e. The van der Waals surface area contributed by atoms with Crippen molar-refractivity contribution in [3.63, 3.8) is 0 Å². The Balaban J connectivity index is 1.58. The monoisotopic (exact) mass is 444 g/mol. The largest absolute Gasteiger partial charge is 0.494 e. The highest BCUT2D eigenvalue weighted by atomic mass is 35.5. The highest BCUT2D eigenvalue weighted by molar-refractivity contribution is 7.14. The predicted molar refractivity (Wildman–Crippen MR) is 123 cm³/mol. The highest BCUT2D eigenvalue weighted by Gasteiger charge is 2.17. The third kappa shape index (κ3) is 5.97. The van der Waals surface area contributed by atoms with E-state index in [0.717, 1.165) is 42.0 Å². The van der Waals surface area contributed by atoms with E-state index in [0.29, 0.717) is 15.9 Å². The van der Waals surface area contributed by atoms with Gasteiger partial charge in [-0.05, 0) is 68.3 Å². The Labute approximate surface area is 186 Å². The van der Waals surface area contributed by atoms with Gasteiger partial charge < -0.3 is 9.47 Å². The highest BCUT2D eigenvalue weighted by Crippen LogP contribution is 2.27. The Bertz CT molecular complexity index is 988. The van der Waals surface area contributed by atoms with Crippen LogP contribution in [0.1, 0.15) is 32.3 Å². The quantitative estimate of drug-likeness (QED) is 0.390. The van der Waals surface area contributed by atoms with Gasteiger partial charge in [-0.1, -0.05) is 24.9 Å². The molecule has 1 N–H and O–H groups in total. The summed E-state index contributed by atoms with van der Waals surface area (Å²) in [6, 6.07) is 13.1. The summed E-state index contributed by atoms with van der Waals surface area (Å²) in [4.78, 5) is 17.0. The molecular weight excluding hydrogens is 420 g/mol. The number of thiazole rings is 1. The number of ether oxygens (including phenoxy) is 2. The first-order chi connectivity index (χ1) is 14.5. The minimum atomic E-state index is -0.670. The molecule has 0 spiro atoms. The van der Waals surface area contributed by atoms with Crippen LogP contribution in [0, 0.1) is 6.92 Å². The zero-order valence-electron chi connectivity index (χ0n) is 17.3. The number of carbonyl (C=O) groups excluding carboxylic acids is 1. The number of anilines is 1. The lowest BCUT2D eigenvalue weighted by Crippen LogP contribution is -2.30. The summed E-state index contributed by atoms with van der Waals surface area (Å²) in [6.07, 6.45) is 1.47. The Morgan fingerprint density at radius 3 is 2.70 bits per heavy atom. The number of halogens is 1. The smallest absolute Gasteiger partial charge is 0.266 e. The molecule has 30 heavy (non-hydrogen) atoms. The molecule has 7 heteroatoms. The summed E-state index contributed by atoms with van der Waals surface area (Å²) in [7, 11) is 0. The number of carbonyl (C=O) groups is 1. The van der Waals surface area contributed by atoms with Crippen molar-refractivity contribution >= 4 is 34.0 Å². The second kappa shape index (κ2) is 10.5. The first-order valence-corrected chi connectivity index (χ1v) is 11.1. The molecule has 1 atom stereocenters. The van der Waals surface area contributed by atoms with Crippen molar-refractivity contribution in [2.24, 2.45) is 0 Å². The second-order valence-electron chi connectivity index (χ2n) is 6.92. The van der Waals surface area contributed by atoms with E-state index < -0.39 is 6.10 Å². The van der Waals surface area contributed by atoms with Crippen LogP contribution in [0.15, 0.2) is 47.8 Å². The van der Waals surface area contributed by atoms with Gasteiger partial charge in [0.15, 0.2) is 11.2 Å². The van der Waals surface area contributed by atoms with E-state index in [9.17, 15) is 4.79 Å². The van der Waals surface area contributed by atoms with E-state index >= 15 is 0 Å². The normalized spacial score (nSPS) is 11.7. The minimum Gasteiger partial charge on any atom is -0.494 e. The average molecular weight is 445 g/mol. The third-order valence-electron chi connectivity index (χ3n) is 4.46. The van der Waals surface area contributed by atoms with Crippen molar-refractivity contribution in [2.45, 2.75) is 39.7 Å². The molecule has 1 unspecified atom stereocenters. The van der Waals surface area contributed by atoms with Gasteiger partial charge in [0, 0.05) is 16.0 Å². The first kappa shape index (κ1) is 22.1. The van der Waals surface area contributed by atoms with Crippen molar-refractivity contribution in [1.82, 2.24) is 4.98 Å². The van der Waals surface area contributed by atoms with Gasteiger partial charge >= 0.3 is 0 Å². The molecule has 0 aliphatic carbocycles. The van der Waals surface area contributed by atoms with E-state index in [1.165, 1.54) is 11.3 Å². The fraction of sp³-hybridized carbons (Fsp3) is 0.304. The zero-order valence-corrected chi connectivity index (χ0v) is 18.8. The summed E-state index contributed by atoms with van der Waals surface area (Å²) in [5.74, 6) is 1.22. The van der Waals surface area contributed by atoms with Crippen molar-refractivity contribution in [2.75, 3.05) is 11.9 Å². The van der Waals surface area contributed by atoms with Crippen LogP contribution in [0.4, 0.5) is 5.13 Å². The first-order valence-electron chi connectivity index (χ1n) is 9.88. The van der Waals surface area contributed by atoms with Crippen LogP contribution in [0.2, 0.25) is 5.02 Å². The van der Waals surface area contributed by atoms with Gasteiger partial charge in [0.05, 0.1) is 12.3 Å². The van der Waals surface area contributed by atoms with Crippen molar-refractivity contribution in [1.29, 1.82) is 0 Å². The summed E-state index contributed by atoms with van der Waals surface area (Å²) < 4.78 is 11.5. The standard InChI is InChI=1S/C23H25ClN2O3S/c1-4-5-12-28-19-9-6-17(7-10-19)20-14-30-23(25-20)26-22(27)16(3)29-21-11-8-18(24)13-15(21)2/h6-11,13-14,16H,4-5,12H2,1-3H3,(H,25,26,27). The molecule has 0 bridgehead atoms. The van der Waals surface area contributed by atoms with Crippen molar-refractivity contribution in [3.8, 4) is 22.8 Å². The Morgan fingerprint density at radius 1 is 1.23 bits per heavy atom. The number of nitrogens with one attached hydrogen (secondary N) is 1. The van der Waals surface area contributed by atoms with E-state index in [4.69, 9.17) is 21.1 Å². The number of unbranched alkanes of at least 4 members (excludes halogenated alkanes) is 1. The van der Waals surface area contributed by atoms with Crippen LogP contribution >= 0.6 is 22.9 Å². The fourth-order valence-corrected chi connectivity index (χ4v) is 3.67. The molecular formula is C23H25ClN2O3S. The van der Waals surface area contributed by atoms with Gasteiger partial charge in [-0.25, -0.2) is 4.98 Å². The Kier molecular flexibility index (Phi) is 7.71. The van der Waals surface area contributed by atoms with Gasteiger partial charge in [0.2, 0.25) is 0 Å². The number of benzene rings is 2. The van der Waals surface area contributed by atoms with Crippen LogP contribution in [-0.4, -0.2) is 23.6 Å². The fourth-order valence-electron chi connectivity index (χ4n) is 2.72. The molecule has 2 aromatic carbocycles. The molecule has 1 amide bonds. The average Bonchev–Trinajstić information content (AvgIpc) is 3.19. The molecule has 0 radical (unpaired) electrons. The molecule has 0 fully saturated rings. The zero-order chi connectivity index (χ0) is 21.5. The Hall–Kier alpha value is -2.57. The summed E-state index contributed by atoms with van der Waals surface area (Å²) in [5.41, 5.74) is 2.65. The van der Waals surface area contributed by atoms with Gasteiger partial charge in [-0.15, -0.1) is 11.3 Å². The van der Waals surface area contributed by atoms with Gasteiger partial charge in [-0.2, -0.15) is 0 Å². The third-order valence-corrected chi connectivity index (χ3v) is 5.45. The molecule has 5 nitrogen and oxygen atoms in total. The van der Waals surface area contributed by atoms with Gasteiger partial charge in [-0.3, -0.25) is 10.1 Å². The predicted octanol–water partition coefficient (Wildman–Crippen LogP) is 6.36. The number of hydrogen-bond donors (Lipinski definition) is 1. The molecule has 0 saturated carbocycles. The molecule has 1 aromatic heterocycles. The molecule has 0 aliphatic heterocycles. The lowest BCUT2D eigenvalue weighted by Gasteiger charge is -2.15. The number of hydrogen-bond acceptors (Lipinski definition) is 5. The van der Waals surface area contributed by atoms with Crippen LogP contribution in [0.25, 0.3) is 11.3 Å². The maximum absolute atomic E-state index is 12.5. The van der Waals surface area contributed by atoms with E-state index in [1.54, 1.807) is 25.1 Å². The summed E-state index contributed by atoms with van der Waals surface area (Å²) in [5, 5.41) is 5.90. The van der Waals surface area contributed by atoms with Crippen LogP contribution < -0.4 is 14.8 Å². The Morgan fingerprint density at radius 2 is 2.00 bits per heavy atom. The number of amides is 1. The number of rotatable bonds is 9. The molecule has 0 aliphatic rings. The summed E-state index contributed by atoms with van der Waals surface area (Å²) >= 11 is 7.34. The summed E-state index contributed by atoms with van der Waals surface area (Å²) in [6.45, 7) is 6.45. The topological polar surface area (TPSA) is 60.5 Å². The molecule has 1 heterocycles. The van der Waals surface area contributed by atoms with Crippen LogP contribution in [0.3, 0.4) is 0 Å². The van der Waals surface area contributed by atoms with E-state index in [2.05, 4.69) is 17.2 Å². The number of aromatic nitrogens is 1. The molecule has 3 aromatic rings. The van der Waals surface area contributed by atoms with Crippen molar-refractivity contribution in [3.05, 3.63) is 58.4 Å². The van der Waals surface area contributed by atoms with Crippen molar-refractivity contribution < 1.29 is 14.3 Å². The second-order valence-corrected chi connectivity index (χ2v) is 8.22. The van der Waals surface area contributed by atoms with Gasteiger partial charge in [0.25, 0.3) is 5.91 Å². The molecule has 0 saturated heterocycles. The molecule has 158 valence electrons. The maximum atomic E-state index is 12.5. The van der Waals surface area contributed by atoms with Crippen LogP contribution in [-0.2, 0) is 4.79 Å². The van der Waals surface area contributed by atoms with Crippen LogP contribution in [0.5, 0.6) is 11.5 Å². The van der Waals surface area contributed by atoms with Gasteiger partial charge in [0.1, 0.15) is 11.5 Å². The lowest BCUT2D eigenvalue weighted by molar-refractivity contribution is -0.122. The van der Waals surface area contributed by atoms with E-state index in [-0.39, 0.29) is 5.91 Å². The van der Waals surface area contributed by atoms with E-state index in [1.807, 2.05) is 36.6 Å². The minimum absolute atomic E-state index is 0.259. The number of aryl methyl sites for hydroxylation is 1.